The molecule has 3 unspecified atom stereocenters. The second-order valence-corrected chi connectivity index (χ2v) is 6.59. The van der Waals surface area contributed by atoms with Crippen molar-refractivity contribution in [1.82, 2.24) is 10.2 Å². The summed E-state index contributed by atoms with van der Waals surface area (Å²) in [4.78, 5) is 2.36. The topological polar surface area (TPSA) is 44.7 Å². The van der Waals surface area contributed by atoms with Crippen molar-refractivity contribution in [3.05, 3.63) is 0 Å². The number of nitrogens with one attached hydrogen (secondary N) is 1. The van der Waals surface area contributed by atoms with E-state index in [1.807, 2.05) is 7.05 Å². The highest BCUT2D eigenvalue weighted by Crippen LogP contribution is 2.41. The Morgan fingerprint density at radius 1 is 1.47 bits per heavy atom. The third kappa shape index (κ3) is 2.81. The standard InChI is InChI=1S/C13H26N2O2/c1-12(2,3)17-9-15-7-10-5-11(16)6-13(10,8-15)14-4/h10-11,14,16H,5-9H2,1-4H3. The number of likely N-dealkylation sites (N-methyl/N-ethyl adjacent to an activating group) is 1. The first-order valence-electron chi connectivity index (χ1n) is 6.58. The maximum Gasteiger partial charge on any atom is 0.0998 e. The first-order chi connectivity index (χ1) is 7.85. The Kier molecular flexibility index (Phi) is 3.51. The van der Waals surface area contributed by atoms with Crippen molar-refractivity contribution in [2.24, 2.45) is 5.92 Å². The van der Waals surface area contributed by atoms with E-state index in [1.165, 1.54) is 0 Å². The number of nitrogens with zero attached hydrogens (tertiary/aromatic N) is 1. The Morgan fingerprint density at radius 2 is 2.18 bits per heavy atom. The van der Waals surface area contributed by atoms with Crippen LogP contribution in [-0.2, 0) is 4.74 Å². The molecule has 1 aliphatic carbocycles. The third-order valence-corrected chi connectivity index (χ3v) is 4.10. The minimum atomic E-state index is -0.127. The van der Waals surface area contributed by atoms with E-state index < -0.39 is 0 Å². The highest BCUT2D eigenvalue weighted by molar-refractivity contribution is 5.08. The fourth-order valence-electron chi connectivity index (χ4n) is 3.21. The summed E-state index contributed by atoms with van der Waals surface area (Å²) >= 11 is 0. The van der Waals surface area contributed by atoms with E-state index in [0.717, 1.165) is 25.9 Å². The van der Waals surface area contributed by atoms with Crippen molar-refractivity contribution < 1.29 is 9.84 Å². The van der Waals surface area contributed by atoms with Crippen LogP contribution in [0.25, 0.3) is 0 Å². The second kappa shape index (κ2) is 4.50. The van der Waals surface area contributed by atoms with E-state index in [0.29, 0.717) is 12.6 Å². The second-order valence-electron chi connectivity index (χ2n) is 6.59. The Morgan fingerprint density at radius 3 is 2.71 bits per heavy atom. The number of ether oxygens (including phenoxy) is 1. The van der Waals surface area contributed by atoms with E-state index in [1.54, 1.807) is 0 Å². The van der Waals surface area contributed by atoms with Gasteiger partial charge in [0.25, 0.3) is 0 Å². The SMILES string of the molecule is CNC12CC(O)CC1CN(COC(C)(C)C)C2. The maximum atomic E-state index is 9.79. The van der Waals surface area contributed by atoms with Crippen LogP contribution in [0.1, 0.15) is 33.6 Å². The average Bonchev–Trinajstić information content (AvgIpc) is 2.66. The van der Waals surface area contributed by atoms with Gasteiger partial charge in [-0.15, -0.1) is 0 Å². The number of hydrogen-bond donors (Lipinski definition) is 2. The summed E-state index contributed by atoms with van der Waals surface area (Å²) in [7, 11) is 2.01. The first kappa shape index (κ1) is 13.3. The number of rotatable bonds is 3. The summed E-state index contributed by atoms with van der Waals surface area (Å²) in [5.41, 5.74) is 0.0324. The summed E-state index contributed by atoms with van der Waals surface area (Å²) in [5.74, 6) is 0.561. The molecule has 0 aromatic rings. The van der Waals surface area contributed by atoms with E-state index in [4.69, 9.17) is 4.74 Å². The fourth-order valence-corrected chi connectivity index (χ4v) is 3.21. The molecule has 2 rings (SSSR count). The van der Waals surface area contributed by atoms with Gasteiger partial charge in [-0.3, -0.25) is 4.90 Å². The molecule has 4 heteroatoms. The molecule has 0 radical (unpaired) electrons. The summed E-state index contributed by atoms with van der Waals surface area (Å²) in [6.07, 6.45) is 1.67. The van der Waals surface area contributed by atoms with E-state index in [-0.39, 0.29) is 17.2 Å². The lowest BCUT2D eigenvalue weighted by atomic mass is 9.91. The summed E-state index contributed by atoms with van der Waals surface area (Å²) in [6.45, 7) is 8.97. The van der Waals surface area contributed by atoms with Crippen molar-refractivity contribution in [3.63, 3.8) is 0 Å². The first-order valence-corrected chi connectivity index (χ1v) is 6.58. The molecule has 0 aromatic heterocycles. The van der Waals surface area contributed by atoms with Crippen LogP contribution < -0.4 is 5.32 Å². The van der Waals surface area contributed by atoms with Crippen molar-refractivity contribution in [3.8, 4) is 0 Å². The molecular formula is C13H26N2O2. The zero-order valence-electron chi connectivity index (χ0n) is 11.5. The molecule has 3 atom stereocenters. The van der Waals surface area contributed by atoms with E-state index in [2.05, 4.69) is 31.0 Å². The van der Waals surface area contributed by atoms with Gasteiger partial charge in [0.1, 0.15) is 0 Å². The summed E-state index contributed by atoms with van der Waals surface area (Å²) < 4.78 is 5.83. The smallest absolute Gasteiger partial charge is 0.0998 e. The predicted octanol–water partition coefficient (Wildman–Crippen LogP) is 0.804. The van der Waals surface area contributed by atoms with Crippen molar-refractivity contribution in [2.75, 3.05) is 26.9 Å². The predicted molar refractivity (Wildman–Crippen MR) is 67.8 cm³/mol. The largest absolute Gasteiger partial charge is 0.393 e. The quantitative estimate of drug-likeness (QED) is 0.768. The van der Waals surface area contributed by atoms with Gasteiger partial charge in [0.2, 0.25) is 0 Å². The Hall–Kier alpha value is -0.160. The zero-order chi connectivity index (χ0) is 12.7. The lowest BCUT2D eigenvalue weighted by Gasteiger charge is -2.29. The molecule has 2 fully saturated rings. The summed E-state index contributed by atoms with van der Waals surface area (Å²) in [6, 6.07) is 0. The number of hydrogen-bond acceptors (Lipinski definition) is 4. The van der Waals surface area contributed by atoms with Crippen molar-refractivity contribution in [2.45, 2.75) is 50.9 Å². The van der Waals surface area contributed by atoms with Crippen LogP contribution in [0, 0.1) is 5.92 Å². The average molecular weight is 242 g/mol. The maximum absolute atomic E-state index is 9.79. The van der Waals surface area contributed by atoms with Crippen LogP contribution >= 0.6 is 0 Å². The molecule has 1 aliphatic heterocycles. The molecule has 0 amide bonds. The van der Waals surface area contributed by atoms with Gasteiger partial charge in [0, 0.05) is 18.6 Å². The highest BCUT2D eigenvalue weighted by atomic mass is 16.5. The van der Waals surface area contributed by atoms with E-state index in [9.17, 15) is 5.11 Å². The van der Waals surface area contributed by atoms with Gasteiger partial charge in [-0.1, -0.05) is 0 Å². The minimum absolute atomic E-state index is 0.0793. The van der Waals surface area contributed by atoms with Gasteiger partial charge in [-0.05, 0) is 46.6 Å². The van der Waals surface area contributed by atoms with Gasteiger partial charge in [-0.25, -0.2) is 0 Å². The van der Waals surface area contributed by atoms with Crippen LogP contribution in [0.2, 0.25) is 0 Å². The lowest BCUT2D eigenvalue weighted by Crippen LogP contribution is -2.48. The van der Waals surface area contributed by atoms with Crippen LogP contribution in [0.5, 0.6) is 0 Å². The van der Waals surface area contributed by atoms with Crippen LogP contribution in [0.15, 0.2) is 0 Å². The number of fused-ring (bicyclic) bond motifs is 1. The molecule has 1 heterocycles. The monoisotopic (exact) mass is 242 g/mol. The molecule has 1 saturated carbocycles. The molecule has 100 valence electrons. The Labute approximate surface area is 104 Å². The molecule has 0 bridgehead atoms. The molecule has 0 aromatic carbocycles. The molecule has 4 nitrogen and oxygen atoms in total. The summed E-state index contributed by atoms with van der Waals surface area (Å²) in [5, 5.41) is 13.2. The van der Waals surface area contributed by atoms with Crippen molar-refractivity contribution >= 4 is 0 Å². The van der Waals surface area contributed by atoms with Gasteiger partial charge in [0.05, 0.1) is 18.4 Å². The van der Waals surface area contributed by atoms with Crippen LogP contribution in [0.4, 0.5) is 0 Å². The molecular weight excluding hydrogens is 216 g/mol. The molecule has 2 aliphatic rings. The number of aliphatic hydroxyl groups excluding tert-OH is 1. The Bertz CT molecular complexity index is 277. The van der Waals surface area contributed by atoms with Gasteiger partial charge in [-0.2, -0.15) is 0 Å². The van der Waals surface area contributed by atoms with Crippen molar-refractivity contribution in [1.29, 1.82) is 0 Å². The number of likely N-dealkylation sites (tertiary alicyclic amines) is 1. The van der Waals surface area contributed by atoms with Crippen LogP contribution in [-0.4, -0.2) is 54.1 Å². The number of aliphatic hydroxyl groups is 1. The minimum Gasteiger partial charge on any atom is -0.393 e. The molecule has 1 saturated heterocycles. The fraction of sp³-hybridized carbons (Fsp3) is 1.00. The lowest BCUT2D eigenvalue weighted by molar-refractivity contribution is -0.0602. The zero-order valence-corrected chi connectivity index (χ0v) is 11.5. The van der Waals surface area contributed by atoms with E-state index >= 15 is 0 Å². The van der Waals surface area contributed by atoms with Crippen LogP contribution in [0.3, 0.4) is 0 Å². The van der Waals surface area contributed by atoms with Gasteiger partial charge < -0.3 is 15.2 Å². The molecule has 2 N–H and O–H groups in total. The normalized spacial score (nSPS) is 38.6. The van der Waals surface area contributed by atoms with Gasteiger partial charge >= 0.3 is 0 Å². The third-order valence-electron chi connectivity index (χ3n) is 4.10. The van der Waals surface area contributed by atoms with Gasteiger partial charge in [0.15, 0.2) is 0 Å². The highest BCUT2D eigenvalue weighted by Gasteiger charge is 2.51. The Balaban J connectivity index is 1.91. The molecule has 17 heavy (non-hydrogen) atoms. The molecule has 0 spiro atoms.